The van der Waals surface area contributed by atoms with E-state index in [4.69, 9.17) is 4.74 Å². The molecule has 1 aliphatic rings. The molecular formula is C13H28N2O3S. The van der Waals surface area contributed by atoms with Gasteiger partial charge in [0.2, 0.25) is 10.0 Å². The summed E-state index contributed by atoms with van der Waals surface area (Å²) in [5.41, 5.74) is 0. The summed E-state index contributed by atoms with van der Waals surface area (Å²) in [5.74, 6) is 0.830. The van der Waals surface area contributed by atoms with Crippen LogP contribution in [0.4, 0.5) is 0 Å². The van der Waals surface area contributed by atoms with Gasteiger partial charge in [-0.05, 0) is 44.7 Å². The maximum absolute atomic E-state index is 12.1. The number of nitrogens with zero attached hydrogens (tertiary/aromatic N) is 1. The molecule has 0 spiro atoms. The highest BCUT2D eigenvalue weighted by molar-refractivity contribution is 7.89. The van der Waals surface area contributed by atoms with Gasteiger partial charge in [0.15, 0.2) is 0 Å². The van der Waals surface area contributed by atoms with Crippen LogP contribution < -0.4 is 5.32 Å². The van der Waals surface area contributed by atoms with E-state index in [-0.39, 0.29) is 5.75 Å². The molecule has 1 saturated heterocycles. The van der Waals surface area contributed by atoms with Crippen molar-refractivity contribution < 1.29 is 13.2 Å². The Morgan fingerprint density at radius 2 is 2.00 bits per heavy atom. The van der Waals surface area contributed by atoms with E-state index < -0.39 is 10.0 Å². The van der Waals surface area contributed by atoms with Crippen molar-refractivity contribution >= 4 is 10.0 Å². The van der Waals surface area contributed by atoms with Crippen LogP contribution in [0.2, 0.25) is 0 Å². The van der Waals surface area contributed by atoms with E-state index in [0.717, 1.165) is 32.4 Å². The van der Waals surface area contributed by atoms with Gasteiger partial charge in [0.05, 0.1) is 5.75 Å². The predicted octanol–water partition coefficient (Wildman–Crippen LogP) is 1.06. The van der Waals surface area contributed by atoms with Gasteiger partial charge >= 0.3 is 0 Å². The second kappa shape index (κ2) is 8.89. The third-order valence-electron chi connectivity index (χ3n) is 3.58. The van der Waals surface area contributed by atoms with Crippen molar-refractivity contribution in [3.8, 4) is 0 Å². The molecule has 114 valence electrons. The number of piperidine rings is 1. The van der Waals surface area contributed by atoms with Crippen LogP contribution in [-0.2, 0) is 14.8 Å². The normalized spacial score (nSPS) is 18.8. The Bertz CT molecular complexity index is 325. The predicted molar refractivity (Wildman–Crippen MR) is 77.7 cm³/mol. The second-order valence-electron chi connectivity index (χ2n) is 5.21. The lowest BCUT2D eigenvalue weighted by Crippen LogP contribution is -2.41. The van der Waals surface area contributed by atoms with E-state index >= 15 is 0 Å². The Kier molecular flexibility index (Phi) is 7.90. The molecular weight excluding hydrogens is 264 g/mol. The Balaban J connectivity index is 2.28. The summed E-state index contributed by atoms with van der Waals surface area (Å²) < 4.78 is 30.7. The van der Waals surface area contributed by atoms with Crippen molar-refractivity contribution in [3.63, 3.8) is 0 Å². The van der Waals surface area contributed by atoms with Crippen LogP contribution >= 0.6 is 0 Å². The molecule has 0 saturated carbocycles. The first-order valence-electron chi connectivity index (χ1n) is 7.27. The summed E-state index contributed by atoms with van der Waals surface area (Å²) >= 11 is 0. The van der Waals surface area contributed by atoms with Crippen LogP contribution in [0.25, 0.3) is 0 Å². The first-order valence-corrected chi connectivity index (χ1v) is 8.88. The molecule has 1 heterocycles. The Morgan fingerprint density at radius 3 is 2.58 bits per heavy atom. The van der Waals surface area contributed by atoms with Gasteiger partial charge in [0.25, 0.3) is 0 Å². The maximum atomic E-state index is 12.1. The van der Waals surface area contributed by atoms with Gasteiger partial charge in [-0.3, -0.25) is 0 Å². The molecule has 0 aliphatic carbocycles. The van der Waals surface area contributed by atoms with Gasteiger partial charge in [-0.25, -0.2) is 12.7 Å². The fraction of sp³-hybridized carbons (Fsp3) is 1.00. The lowest BCUT2D eigenvalue weighted by Gasteiger charge is -2.31. The molecule has 5 nitrogen and oxygen atoms in total. The van der Waals surface area contributed by atoms with Crippen molar-refractivity contribution in [2.45, 2.75) is 32.6 Å². The van der Waals surface area contributed by atoms with Crippen LogP contribution in [0, 0.1) is 5.92 Å². The minimum Gasteiger partial charge on any atom is -0.385 e. The van der Waals surface area contributed by atoms with Crippen LogP contribution in [-0.4, -0.2) is 58.4 Å². The molecule has 0 amide bonds. The molecule has 1 N–H and O–H groups in total. The quantitative estimate of drug-likeness (QED) is 0.646. The molecule has 0 bridgehead atoms. The average Bonchev–Trinajstić information content (AvgIpc) is 2.40. The lowest BCUT2D eigenvalue weighted by atomic mass is 9.98. The molecule has 0 unspecified atom stereocenters. The van der Waals surface area contributed by atoms with E-state index in [1.165, 1.54) is 0 Å². The molecule has 0 aromatic rings. The molecule has 0 aromatic heterocycles. The van der Waals surface area contributed by atoms with Crippen molar-refractivity contribution in [2.75, 3.05) is 45.6 Å². The summed E-state index contributed by atoms with van der Waals surface area (Å²) in [6.45, 7) is 6.08. The first kappa shape index (κ1) is 16.9. The third-order valence-corrected chi connectivity index (χ3v) is 5.53. The van der Waals surface area contributed by atoms with Crippen LogP contribution in [0.3, 0.4) is 0 Å². The number of sulfonamides is 1. The summed E-state index contributed by atoms with van der Waals surface area (Å²) in [7, 11) is -1.47. The van der Waals surface area contributed by atoms with Gasteiger partial charge < -0.3 is 10.1 Å². The topological polar surface area (TPSA) is 58.6 Å². The smallest absolute Gasteiger partial charge is 0.214 e. The minimum atomic E-state index is -3.07. The Morgan fingerprint density at radius 1 is 1.32 bits per heavy atom. The molecule has 0 radical (unpaired) electrons. The van der Waals surface area contributed by atoms with Gasteiger partial charge in [-0.1, -0.05) is 6.92 Å². The second-order valence-corrected chi connectivity index (χ2v) is 7.30. The largest absolute Gasteiger partial charge is 0.385 e. The van der Waals surface area contributed by atoms with E-state index in [1.54, 1.807) is 11.4 Å². The SMILES string of the molecule is CCCNCC1CCN(S(=O)(=O)CCCOC)CC1. The fourth-order valence-electron chi connectivity index (χ4n) is 2.39. The number of hydrogen-bond acceptors (Lipinski definition) is 4. The van der Waals surface area contributed by atoms with Crippen LogP contribution in [0.5, 0.6) is 0 Å². The fourth-order valence-corrected chi connectivity index (χ4v) is 3.90. The van der Waals surface area contributed by atoms with Crippen molar-refractivity contribution in [3.05, 3.63) is 0 Å². The number of hydrogen-bond donors (Lipinski definition) is 1. The van der Waals surface area contributed by atoms with Gasteiger partial charge in [-0.2, -0.15) is 0 Å². The van der Waals surface area contributed by atoms with E-state index in [0.29, 0.717) is 32.0 Å². The van der Waals surface area contributed by atoms with Gasteiger partial charge in [-0.15, -0.1) is 0 Å². The number of methoxy groups -OCH3 is 1. The highest BCUT2D eigenvalue weighted by Crippen LogP contribution is 2.19. The lowest BCUT2D eigenvalue weighted by molar-refractivity contribution is 0.198. The van der Waals surface area contributed by atoms with Crippen LogP contribution in [0.1, 0.15) is 32.6 Å². The van der Waals surface area contributed by atoms with E-state index in [2.05, 4.69) is 12.2 Å². The first-order chi connectivity index (χ1) is 9.10. The molecule has 1 fully saturated rings. The number of ether oxygens (including phenoxy) is 1. The van der Waals surface area contributed by atoms with Gasteiger partial charge in [0, 0.05) is 26.8 Å². The number of rotatable bonds is 9. The molecule has 19 heavy (non-hydrogen) atoms. The van der Waals surface area contributed by atoms with Gasteiger partial charge in [0.1, 0.15) is 0 Å². The zero-order valence-electron chi connectivity index (χ0n) is 12.2. The molecule has 1 aliphatic heterocycles. The maximum Gasteiger partial charge on any atom is 0.214 e. The van der Waals surface area contributed by atoms with E-state index in [9.17, 15) is 8.42 Å². The molecule has 1 rings (SSSR count). The Labute approximate surface area is 117 Å². The van der Waals surface area contributed by atoms with Crippen LogP contribution in [0.15, 0.2) is 0 Å². The molecule has 0 atom stereocenters. The standard InChI is InChI=1S/C13H28N2O3S/c1-3-7-14-12-13-5-8-15(9-6-13)19(16,17)11-4-10-18-2/h13-14H,3-12H2,1-2H3. The molecule has 0 aromatic carbocycles. The van der Waals surface area contributed by atoms with Crippen molar-refractivity contribution in [2.24, 2.45) is 5.92 Å². The third kappa shape index (κ3) is 6.21. The van der Waals surface area contributed by atoms with Crippen molar-refractivity contribution in [1.82, 2.24) is 9.62 Å². The summed E-state index contributed by atoms with van der Waals surface area (Å²) in [6, 6.07) is 0. The summed E-state index contributed by atoms with van der Waals surface area (Å²) in [6.07, 6.45) is 3.67. The summed E-state index contributed by atoms with van der Waals surface area (Å²) in [5, 5.41) is 3.42. The summed E-state index contributed by atoms with van der Waals surface area (Å²) in [4.78, 5) is 0. The zero-order chi connectivity index (χ0) is 14.1. The average molecular weight is 292 g/mol. The Hall–Kier alpha value is -0.170. The van der Waals surface area contributed by atoms with Crippen molar-refractivity contribution in [1.29, 1.82) is 0 Å². The van der Waals surface area contributed by atoms with E-state index in [1.807, 2.05) is 0 Å². The zero-order valence-corrected chi connectivity index (χ0v) is 13.0. The highest BCUT2D eigenvalue weighted by atomic mass is 32.2. The number of nitrogens with one attached hydrogen (secondary N) is 1. The monoisotopic (exact) mass is 292 g/mol. The molecule has 6 heteroatoms. The minimum absolute atomic E-state index is 0.208. The highest BCUT2D eigenvalue weighted by Gasteiger charge is 2.27.